The van der Waals surface area contributed by atoms with Gasteiger partial charge in [-0.2, -0.15) is 18.4 Å². The summed E-state index contributed by atoms with van der Waals surface area (Å²) >= 11 is 0. The molecule has 0 saturated carbocycles. The Balaban J connectivity index is 2.78. The SMILES string of the molecule is CC(C)=CC(O)CC(=O)C(C#N)C(=O)Nc1ccc(C(F)(F)F)cc1. The monoisotopic (exact) mass is 354 g/mol. The second-order valence-corrected chi connectivity index (χ2v) is 5.61. The molecule has 0 aliphatic carbocycles. The first kappa shape index (κ1) is 20.4. The zero-order chi connectivity index (χ0) is 19.2. The molecule has 0 aliphatic rings. The Hall–Kier alpha value is -2.66. The number of hydrogen-bond donors (Lipinski definition) is 2. The van der Waals surface area contributed by atoms with Crippen molar-refractivity contribution in [1.82, 2.24) is 0 Å². The highest BCUT2D eigenvalue weighted by molar-refractivity contribution is 6.09. The molecule has 134 valence electrons. The van der Waals surface area contributed by atoms with Crippen molar-refractivity contribution in [2.45, 2.75) is 32.5 Å². The number of carbonyl (C=O) groups is 2. The molecule has 2 atom stereocenters. The van der Waals surface area contributed by atoms with Gasteiger partial charge in [0.1, 0.15) is 0 Å². The number of anilines is 1. The molecule has 1 aromatic rings. The van der Waals surface area contributed by atoms with E-state index in [1.54, 1.807) is 19.9 Å². The molecule has 0 aromatic heterocycles. The summed E-state index contributed by atoms with van der Waals surface area (Å²) in [5.74, 6) is -3.41. The fourth-order valence-corrected chi connectivity index (χ4v) is 2.00. The Morgan fingerprint density at radius 3 is 2.28 bits per heavy atom. The number of amides is 1. The third-order valence-corrected chi connectivity index (χ3v) is 3.13. The van der Waals surface area contributed by atoms with Gasteiger partial charge in [-0.1, -0.05) is 11.6 Å². The van der Waals surface area contributed by atoms with Gasteiger partial charge < -0.3 is 10.4 Å². The number of aliphatic hydroxyl groups excluding tert-OH is 1. The van der Waals surface area contributed by atoms with Gasteiger partial charge in [0.05, 0.1) is 17.7 Å². The van der Waals surface area contributed by atoms with Gasteiger partial charge in [0.25, 0.3) is 0 Å². The molecule has 2 unspecified atom stereocenters. The zero-order valence-electron chi connectivity index (χ0n) is 13.6. The summed E-state index contributed by atoms with van der Waals surface area (Å²) in [5, 5.41) is 20.9. The van der Waals surface area contributed by atoms with E-state index in [0.29, 0.717) is 0 Å². The number of nitriles is 1. The van der Waals surface area contributed by atoms with Crippen LogP contribution in [0.1, 0.15) is 25.8 Å². The van der Waals surface area contributed by atoms with Crippen LogP contribution in [0.2, 0.25) is 0 Å². The van der Waals surface area contributed by atoms with Gasteiger partial charge in [0, 0.05) is 12.1 Å². The summed E-state index contributed by atoms with van der Waals surface area (Å²) in [6.07, 6.45) is -4.62. The highest BCUT2D eigenvalue weighted by Crippen LogP contribution is 2.29. The number of benzene rings is 1. The summed E-state index contributed by atoms with van der Waals surface area (Å²) in [5.41, 5.74) is -0.0952. The van der Waals surface area contributed by atoms with E-state index in [0.717, 1.165) is 29.8 Å². The van der Waals surface area contributed by atoms with E-state index in [2.05, 4.69) is 5.32 Å². The molecule has 5 nitrogen and oxygen atoms in total. The molecule has 1 rings (SSSR count). The lowest BCUT2D eigenvalue weighted by Crippen LogP contribution is -2.30. The maximum absolute atomic E-state index is 12.5. The fraction of sp³-hybridized carbons (Fsp3) is 0.353. The largest absolute Gasteiger partial charge is 0.416 e. The minimum absolute atomic E-state index is 0.0240. The number of nitrogens with one attached hydrogen (secondary N) is 1. The van der Waals surface area contributed by atoms with Crippen LogP contribution in [0, 0.1) is 17.2 Å². The molecule has 0 spiro atoms. The third kappa shape index (κ3) is 6.39. The number of ketones is 1. The molecule has 8 heteroatoms. The predicted molar refractivity (Wildman–Crippen MR) is 84.2 cm³/mol. The quantitative estimate of drug-likeness (QED) is 0.607. The van der Waals surface area contributed by atoms with Gasteiger partial charge >= 0.3 is 6.18 Å². The molecule has 0 saturated heterocycles. The average Bonchev–Trinajstić information content (AvgIpc) is 2.46. The van der Waals surface area contributed by atoms with Gasteiger partial charge in [-0.25, -0.2) is 0 Å². The number of nitrogens with zero attached hydrogens (tertiary/aromatic N) is 1. The molecule has 1 aromatic carbocycles. The Morgan fingerprint density at radius 1 is 1.28 bits per heavy atom. The van der Waals surface area contributed by atoms with E-state index in [1.165, 1.54) is 6.08 Å². The van der Waals surface area contributed by atoms with Crippen LogP contribution >= 0.6 is 0 Å². The van der Waals surface area contributed by atoms with Crippen molar-refractivity contribution >= 4 is 17.4 Å². The third-order valence-electron chi connectivity index (χ3n) is 3.13. The molecule has 0 radical (unpaired) electrons. The van der Waals surface area contributed by atoms with Gasteiger partial charge in [-0.3, -0.25) is 9.59 Å². The van der Waals surface area contributed by atoms with Crippen molar-refractivity contribution in [2.75, 3.05) is 5.32 Å². The average molecular weight is 354 g/mol. The van der Waals surface area contributed by atoms with Gasteiger partial charge in [0.15, 0.2) is 11.7 Å². The first-order chi connectivity index (χ1) is 11.5. The summed E-state index contributed by atoms with van der Waals surface area (Å²) in [6, 6.07) is 5.14. The lowest BCUT2D eigenvalue weighted by molar-refractivity contribution is -0.137. The molecule has 2 N–H and O–H groups in total. The molecule has 0 aliphatic heterocycles. The van der Waals surface area contributed by atoms with Crippen molar-refractivity contribution in [1.29, 1.82) is 5.26 Å². The second-order valence-electron chi connectivity index (χ2n) is 5.61. The fourth-order valence-electron chi connectivity index (χ4n) is 2.00. The topological polar surface area (TPSA) is 90.2 Å². The molecule has 25 heavy (non-hydrogen) atoms. The Labute approximate surface area is 142 Å². The number of rotatable bonds is 6. The standard InChI is InChI=1S/C17H17F3N2O3/c1-10(2)7-13(23)8-15(24)14(9-21)16(25)22-12-5-3-11(4-6-12)17(18,19)20/h3-7,13-14,23H,8H2,1-2H3,(H,22,25). The number of aliphatic hydroxyl groups is 1. The summed E-state index contributed by atoms with van der Waals surface area (Å²) < 4.78 is 37.4. The van der Waals surface area contributed by atoms with Crippen molar-refractivity contribution in [3.63, 3.8) is 0 Å². The molecular formula is C17H17F3N2O3. The molecule has 0 fully saturated rings. The molecule has 0 heterocycles. The Kier molecular flexibility index (Phi) is 6.88. The minimum Gasteiger partial charge on any atom is -0.389 e. The van der Waals surface area contributed by atoms with Crippen LogP contribution in [0.15, 0.2) is 35.9 Å². The summed E-state index contributed by atoms with van der Waals surface area (Å²) in [4.78, 5) is 24.0. The van der Waals surface area contributed by atoms with E-state index in [1.807, 2.05) is 0 Å². The second kappa shape index (κ2) is 8.44. The van der Waals surface area contributed by atoms with Crippen LogP contribution in [0.25, 0.3) is 0 Å². The number of carbonyl (C=O) groups excluding carboxylic acids is 2. The summed E-state index contributed by atoms with van der Waals surface area (Å²) in [7, 11) is 0. The van der Waals surface area contributed by atoms with E-state index >= 15 is 0 Å². The highest BCUT2D eigenvalue weighted by Gasteiger charge is 2.31. The molecular weight excluding hydrogens is 337 g/mol. The normalized spacial score (nSPS) is 13.3. The van der Waals surface area contributed by atoms with Crippen LogP contribution < -0.4 is 5.32 Å². The van der Waals surface area contributed by atoms with Gasteiger partial charge in [-0.05, 0) is 38.1 Å². The van der Waals surface area contributed by atoms with E-state index < -0.39 is 41.9 Å². The van der Waals surface area contributed by atoms with Crippen LogP contribution in [0.5, 0.6) is 0 Å². The van der Waals surface area contributed by atoms with Crippen molar-refractivity contribution in [2.24, 2.45) is 5.92 Å². The number of halogens is 3. The maximum Gasteiger partial charge on any atom is 0.416 e. The van der Waals surface area contributed by atoms with E-state index in [4.69, 9.17) is 5.26 Å². The Morgan fingerprint density at radius 2 is 1.84 bits per heavy atom. The lowest BCUT2D eigenvalue weighted by Gasteiger charge is -2.12. The van der Waals surface area contributed by atoms with Crippen LogP contribution in [0.4, 0.5) is 18.9 Å². The number of hydrogen-bond acceptors (Lipinski definition) is 4. The van der Waals surface area contributed by atoms with Gasteiger partial charge in [0.2, 0.25) is 5.91 Å². The molecule has 0 bridgehead atoms. The smallest absolute Gasteiger partial charge is 0.389 e. The van der Waals surface area contributed by atoms with Crippen molar-refractivity contribution in [3.8, 4) is 6.07 Å². The number of alkyl halides is 3. The maximum atomic E-state index is 12.5. The first-order valence-corrected chi connectivity index (χ1v) is 7.28. The van der Waals surface area contributed by atoms with Crippen molar-refractivity contribution in [3.05, 3.63) is 41.5 Å². The summed E-state index contributed by atoms with van der Waals surface area (Å²) in [6.45, 7) is 3.43. The van der Waals surface area contributed by atoms with Crippen molar-refractivity contribution < 1.29 is 27.9 Å². The van der Waals surface area contributed by atoms with E-state index in [9.17, 15) is 27.9 Å². The van der Waals surface area contributed by atoms with Crippen LogP contribution in [0.3, 0.4) is 0 Å². The van der Waals surface area contributed by atoms with E-state index in [-0.39, 0.29) is 5.69 Å². The van der Waals surface area contributed by atoms with Crippen LogP contribution in [-0.4, -0.2) is 22.9 Å². The first-order valence-electron chi connectivity index (χ1n) is 7.28. The number of Topliss-reactive ketones (excluding diaryl/α,β-unsaturated/α-hetero) is 1. The lowest BCUT2D eigenvalue weighted by atomic mass is 9.98. The Bertz CT molecular complexity index is 699. The predicted octanol–water partition coefficient (Wildman–Crippen LogP) is 3.07. The number of allylic oxidation sites excluding steroid dienone is 1. The zero-order valence-corrected chi connectivity index (χ0v) is 13.6. The minimum atomic E-state index is -4.51. The molecule has 1 amide bonds. The van der Waals surface area contributed by atoms with Crippen LogP contribution in [-0.2, 0) is 15.8 Å². The van der Waals surface area contributed by atoms with Gasteiger partial charge in [-0.15, -0.1) is 0 Å². The highest BCUT2D eigenvalue weighted by atomic mass is 19.4.